The molecule has 0 spiro atoms. The van der Waals surface area contributed by atoms with E-state index < -0.39 is 0 Å². The first kappa shape index (κ1) is 10.8. The van der Waals surface area contributed by atoms with Crippen molar-refractivity contribution >= 4 is 23.0 Å². The second-order valence-electron chi connectivity index (χ2n) is 3.11. The monoisotopic (exact) mass is 210 g/mol. The first-order valence-corrected chi connectivity index (χ1v) is 4.94. The molecule has 76 valence electrons. The highest BCUT2D eigenvalue weighted by molar-refractivity contribution is 7.80. The Labute approximate surface area is 88.9 Å². The van der Waals surface area contributed by atoms with Crippen molar-refractivity contribution in [1.82, 2.24) is 10.2 Å². The van der Waals surface area contributed by atoms with E-state index in [0.717, 1.165) is 12.0 Å². The molecule has 0 amide bonds. The Morgan fingerprint density at radius 2 is 2.43 bits per heavy atom. The minimum absolute atomic E-state index is 0.333. The fourth-order valence-electron chi connectivity index (χ4n) is 0.973. The standard InChI is InChI=1S/C9H14N4S/c1-3-6(2)12-9-7(8(10)14)4-5-11-13-9/h4-6H,3H2,1-2H3,(H2,10,14)(H,12,13). The van der Waals surface area contributed by atoms with Crippen LogP contribution in [0, 0.1) is 0 Å². The van der Waals surface area contributed by atoms with E-state index in [1.807, 2.05) is 0 Å². The van der Waals surface area contributed by atoms with Crippen LogP contribution in [0.2, 0.25) is 0 Å². The molecule has 0 bridgehead atoms. The molecule has 1 unspecified atom stereocenters. The zero-order valence-corrected chi connectivity index (χ0v) is 9.14. The van der Waals surface area contributed by atoms with Crippen molar-refractivity contribution in [3.8, 4) is 0 Å². The van der Waals surface area contributed by atoms with Crippen molar-refractivity contribution in [2.75, 3.05) is 5.32 Å². The van der Waals surface area contributed by atoms with Gasteiger partial charge >= 0.3 is 0 Å². The van der Waals surface area contributed by atoms with Gasteiger partial charge in [0, 0.05) is 6.04 Å². The highest BCUT2D eigenvalue weighted by atomic mass is 32.1. The molecule has 0 radical (unpaired) electrons. The third-order valence-electron chi connectivity index (χ3n) is 1.98. The van der Waals surface area contributed by atoms with Crippen LogP contribution in [-0.2, 0) is 0 Å². The van der Waals surface area contributed by atoms with E-state index in [0.29, 0.717) is 16.8 Å². The molecule has 0 aliphatic carbocycles. The average molecular weight is 210 g/mol. The molecular weight excluding hydrogens is 196 g/mol. The van der Waals surface area contributed by atoms with Crippen LogP contribution in [0.3, 0.4) is 0 Å². The minimum atomic E-state index is 0.333. The van der Waals surface area contributed by atoms with Crippen LogP contribution < -0.4 is 11.1 Å². The number of aromatic nitrogens is 2. The topological polar surface area (TPSA) is 63.8 Å². The zero-order chi connectivity index (χ0) is 10.6. The lowest BCUT2D eigenvalue weighted by atomic mass is 10.2. The Morgan fingerprint density at radius 1 is 1.71 bits per heavy atom. The average Bonchev–Trinajstić information content (AvgIpc) is 2.18. The Balaban J connectivity index is 2.90. The molecule has 0 saturated carbocycles. The van der Waals surface area contributed by atoms with Gasteiger partial charge in [-0.05, 0) is 19.4 Å². The molecule has 0 aliphatic heterocycles. The predicted octanol–water partition coefficient (Wildman–Crippen LogP) is 1.32. The highest BCUT2D eigenvalue weighted by Crippen LogP contribution is 2.11. The number of nitrogens with two attached hydrogens (primary N) is 1. The molecule has 1 heterocycles. The summed E-state index contributed by atoms with van der Waals surface area (Å²) in [6, 6.07) is 2.10. The predicted molar refractivity (Wildman–Crippen MR) is 61.3 cm³/mol. The van der Waals surface area contributed by atoms with E-state index >= 15 is 0 Å². The van der Waals surface area contributed by atoms with Crippen LogP contribution in [0.15, 0.2) is 12.3 Å². The zero-order valence-electron chi connectivity index (χ0n) is 8.32. The number of nitrogens with zero attached hydrogens (tertiary/aromatic N) is 2. The lowest BCUT2D eigenvalue weighted by Gasteiger charge is -2.13. The maximum atomic E-state index is 5.56. The lowest BCUT2D eigenvalue weighted by Crippen LogP contribution is -2.20. The molecule has 0 aliphatic rings. The third kappa shape index (κ3) is 2.63. The van der Waals surface area contributed by atoms with Crippen LogP contribution in [0.1, 0.15) is 25.8 Å². The normalized spacial score (nSPS) is 12.1. The molecule has 1 aromatic rings. The fraction of sp³-hybridized carbons (Fsp3) is 0.444. The van der Waals surface area contributed by atoms with Gasteiger partial charge in [0.1, 0.15) is 4.99 Å². The molecule has 1 aromatic heterocycles. The lowest BCUT2D eigenvalue weighted by molar-refractivity contribution is 0.754. The summed E-state index contributed by atoms with van der Waals surface area (Å²) < 4.78 is 0. The second-order valence-corrected chi connectivity index (χ2v) is 3.55. The van der Waals surface area contributed by atoms with Crippen molar-refractivity contribution in [1.29, 1.82) is 0 Å². The highest BCUT2D eigenvalue weighted by Gasteiger charge is 2.08. The largest absolute Gasteiger partial charge is 0.389 e. The van der Waals surface area contributed by atoms with Crippen LogP contribution in [0.25, 0.3) is 0 Å². The van der Waals surface area contributed by atoms with Crippen LogP contribution in [-0.4, -0.2) is 21.2 Å². The summed E-state index contributed by atoms with van der Waals surface area (Å²) in [5, 5.41) is 10.9. The number of hydrogen-bond donors (Lipinski definition) is 2. The van der Waals surface area contributed by atoms with Gasteiger partial charge in [-0.15, -0.1) is 5.10 Å². The van der Waals surface area contributed by atoms with Crippen LogP contribution >= 0.6 is 12.2 Å². The maximum absolute atomic E-state index is 5.56. The van der Waals surface area contributed by atoms with Crippen molar-refractivity contribution in [2.45, 2.75) is 26.3 Å². The van der Waals surface area contributed by atoms with Gasteiger partial charge in [0.15, 0.2) is 5.82 Å². The summed E-state index contributed by atoms with van der Waals surface area (Å²) in [5.41, 5.74) is 6.30. The number of thiocarbonyl (C=S) groups is 1. The summed E-state index contributed by atoms with van der Waals surface area (Å²) in [6.07, 6.45) is 2.59. The summed E-state index contributed by atoms with van der Waals surface area (Å²) in [7, 11) is 0. The summed E-state index contributed by atoms with van der Waals surface area (Å²) >= 11 is 4.91. The summed E-state index contributed by atoms with van der Waals surface area (Å²) in [4.78, 5) is 0.339. The van der Waals surface area contributed by atoms with Crippen molar-refractivity contribution in [3.63, 3.8) is 0 Å². The smallest absolute Gasteiger partial charge is 0.159 e. The van der Waals surface area contributed by atoms with E-state index in [2.05, 4.69) is 29.4 Å². The van der Waals surface area contributed by atoms with Gasteiger partial charge < -0.3 is 11.1 Å². The summed E-state index contributed by atoms with van der Waals surface area (Å²) in [5.74, 6) is 0.661. The van der Waals surface area contributed by atoms with Gasteiger partial charge in [-0.3, -0.25) is 0 Å². The molecule has 5 heteroatoms. The molecule has 1 rings (SSSR count). The molecule has 1 atom stereocenters. The molecule has 14 heavy (non-hydrogen) atoms. The van der Waals surface area contributed by atoms with E-state index in [1.54, 1.807) is 12.3 Å². The van der Waals surface area contributed by atoms with E-state index in [-0.39, 0.29) is 0 Å². The molecule has 0 aromatic carbocycles. The van der Waals surface area contributed by atoms with Gasteiger partial charge in [-0.25, -0.2) is 0 Å². The molecule has 0 fully saturated rings. The van der Waals surface area contributed by atoms with Gasteiger partial charge in [-0.2, -0.15) is 5.10 Å². The number of hydrogen-bond acceptors (Lipinski definition) is 4. The molecular formula is C9H14N4S. The summed E-state index contributed by atoms with van der Waals surface area (Å²) in [6.45, 7) is 4.16. The Kier molecular flexibility index (Phi) is 3.76. The Bertz CT molecular complexity index is 326. The molecule has 4 nitrogen and oxygen atoms in total. The van der Waals surface area contributed by atoms with Crippen molar-refractivity contribution < 1.29 is 0 Å². The minimum Gasteiger partial charge on any atom is -0.389 e. The van der Waals surface area contributed by atoms with Crippen LogP contribution in [0.4, 0.5) is 5.82 Å². The maximum Gasteiger partial charge on any atom is 0.159 e. The van der Waals surface area contributed by atoms with E-state index in [1.165, 1.54) is 0 Å². The first-order chi connectivity index (χ1) is 6.65. The molecule has 0 saturated heterocycles. The third-order valence-corrected chi connectivity index (χ3v) is 2.20. The quantitative estimate of drug-likeness (QED) is 0.734. The SMILES string of the molecule is CCC(C)Nc1nnccc1C(N)=S. The van der Waals surface area contributed by atoms with Crippen LogP contribution in [0.5, 0.6) is 0 Å². The molecule has 3 N–H and O–H groups in total. The van der Waals surface area contributed by atoms with Crippen molar-refractivity contribution in [2.24, 2.45) is 5.73 Å². The fourth-order valence-corrected chi connectivity index (χ4v) is 1.14. The Morgan fingerprint density at radius 3 is 3.00 bits per heavy atom. The van der Waals surface area contributed by atoms with Crippen molar-refractivity contribution in [3.05, 3.63) is 17.8 Å². The van der Waals surface area contributed by atoms with Gasteiger partial charge in [-0.1, -0.05) is 19.1 Å². The first-order valence-electron chi connectivity index (χ1n) is 4.53. The van der Waals surface area contributed by atoms with Gasteiger partial charge in [0.25, 0.3) is 0 Å². The second kappa shape index (κ2) is 4.85. The van der Waals surface area contributed by atoms with Gasteiger partial charge in [0.2, 0.25) is 0 Å². The Hall–Kier alpha value is -1.23. The number of rotatable bonds is 4. The van der Waals surface area contributed by atoms with E-state index in [9.17, 15) is 0 Å². The number of nitrogens with one attached hydrogen (secondary N) is 1. The van der Waals surface area contributed by atoms with Gasteiger partial charge in [0.05, 0.1) is 11.8 Å². The number of anilines is 1. The van der Waals surface area contributed by atoms with E-state index in [4.69, 9.17) is 18.0 Å².